The summed E-state index contributed by atoms with van der Waals surface area (Å²) in [5.41, 5.74) is 2.48. The summed E-state index contributed by atoms with van der Waals surface area (Å²) in [5, 5.41) is 23.6. The van der Waals surface area contributed by atoms with Crippen molar-refractivity contribution in [2.45, 2.75) is 20.5 Å². The van der Waals surface area contributed by atoms with Gasteiger partial charge in [0.2, 0.25) is 0 Å². The van der Waals surface area contributed by atoms with Crippen LogP contribution >= 0.6 is 27.5 Å². The largest absolute Gasteiger partial charge is 0.490 e. The number of carbonyl (C=O) groups is 1. The molecule has 10 heteroatoms. The van der Waals surface area contributed by atoms with Gasteiger partial charge in [0.15, 0.2) is 11.5 Å². The lowest BCUT2D eigenvalue weighted by atomic mass is 10.1. The summed E-state index contributed by atoms with van der Waals surface area (Å²) in [6, 6.07) is 16.4. The van der Waals surface area contributed by atoms with E-state index in [2.05, 4.69) is 21.2 Å². The van der Waals surface area contributed by atoms with Gasteiger partial charge in [0.1, 0.15) is 18.2 Å². The van der Waals surface area contributed by atoms with Crippen molar-refractivity contribution in [2.24, 2.45) is 0 Å². The minimum atomic E-state index is -0.578. The fraction of sp³-hybridized carbons (Fsp3) is 0.154. The summed E-state index contributed by atoms with van der Waals surface area (Å²) in [5.74, 6) is 0.264. The molecule has 0 saturated heterocycles. The molecule has 1 N–H and O–H groups in total. The lowest BCUT2D eigenvalue weighted by Crippen LogP contribution is -2.14. The molecule has 8 nitrogen and oxygen atoms in total. The number of anilines is 1. The zero-order valence-corrected chi connectivity index (χ0v) is 21.7. The zero-order valence-electron chi connectivity index (χ0n) is 19.4. The predicted octanol–water partition coefficient (Wildman–Crippen LogP) is 6.84. The second kappa shape index (κ2) is 12.2. The van der Waals surface area contributed by atoms with Crippen LogP contribution in [0.4, 0.5) is 11.4 Å². The van der Waals surface area contributed by atoms with Crippen molar-refractivity contribution >= 4 is 50.9 Å². The molecule has 0 aliphatic rings. The molecule has 3 rings (SSSR count). The normalized spacial score (nSPS) is 10.9. The quantitative estimate of drug-likeness (QED) is 0.130. The van der Waals surface area contributed by atoms with Crippen molar-refractivity contribution in [3.05, 3.63) is 96.5 Å². The molecule has 0 unspecified atom stereocenters. The molecule has 3 aromatic carbocycles. The number of rotatable bonds is 9. The van der Waals surface area contributed by atoms with Gasteiger partial charge in [-0.25, -0.2) is 0 Å². The van der Waals surface area contributed by atoms with E-state index in [0.29, 0.717) is 38.9 Å². The van der Waals surface area contributed by atoms with Crippen LogP contribution in [-0.4, -0.2) is 17.4 Å². The average Bonchev–Trinajstić information content (AvgIpc) is 2.85. The highest BCUT2D eigenvalue weighted by Crippen LogP contribution is 2.35. The number of amides is 1. The molecule has 0 aliphatic carbocycles. The minimum Gasteiger partial charge on any atom is -0.490 e. The van der Waals surface area contributed by atoms with Crippen LogP contribution in [0.15, 0.2) is 64.6 Å². The summed E-state index contributed by atoms with van der Waals surface area (Å²) in [6.07, 6.45) is 1.45. The Kier molecular flexibility index (Phi) is 9.06. The first-order valence-electron chi connectivity index (χ1n) is 10.7. The van der Waals surface area contributed by atoms with E-state index in [0.717, 1.165) is 11.1 Å². The lowest BCUT2D eigenvalue weighted by Gasteiger charge is -2.14. The molecule has 0 fully saturated rings. The predicted molar refractivity (Wildman–Crippen MR) is 141 cm³/mol. The molecular formula is C26H21BrClN3O5. The van der Waals surface area contributed by atoms with Gasteiger partial charge in [-0.3, -0.25) is 14.9 Å². The highest BCUT2D eigenvalue weighted by Gasteiger charge is 2.15. The Morgan fingerprint density at radius 2 is 1.86 bits per heavy atom. The molecule has 184 valence electrons. The Balaban J connectivity index is 1.84. The smallest absolute Gasteiger partial charge is 0.269 e. The number of nitrogens with one attached hydrogen (secondary N) is 1. The van der Waals surface area contributed by atoms with E-state index in [4.69, 9.17) is 21.1 Å². The summed E-state index contributed by atoms with van der Waals surface area (Å²) in [7, 11) is 0. The number of aryl methyl sites for hydroxylation is 1. The van der Waals surface area contributed by atoms with Crippen molar-refractivity contribution in [3.63, 3.8) is 0 Å². The monoisotopic (exact) mass is 569 g/mol. The van der Waals surface area contributed by atoms with E-state index in [-0.39, 0.29) is 17.9 Å². The first-order chi connectivity index (χ1) is 17.2. The van der Waals surface area contributed by atoms with Gasteiger partial charge in [0.05, 0.1) is 11.5 Å². The third kappa shape index (κ3) is 6.84. The van der Waals surface area contributed by atoms with Crippen LogP contribution in [0, 0.1) is 28.4 Å². The minimum absolute atomic E-state index is 0.00417. The SMILES string of the molecule is CCOc1cc(/C=C(\C#N)C(=O)Nc2cc(Cl)ccc2C)c(Br)cc1OCc1ccc([N+](=O)[O-])cc1. The van der Waals surface area contributed by atoms with Crippen LogP contribution in [0.5, 0.6) is 11.5 Å². The maximum absolute atomic E-state index is 12.8. The Labute approximate surface area is 221 Å². The van der Waals surface area contributed by atoms with Crippen LogP contribution in [0.25, 0.3) is 6.08 Å². The molecule has 0 bridgehead atoms. The third-order valence-electron chi connectivity index (χ3n) is 5.02. The molecule has 36 heavy (non-hydrogen) atoms. The van der Waals surface area contributed by atoms with Crippen molar-refractivity contribution < 1.29 is 19.2 Å². The molecule has 1 amide bonds. The number of hydrogen-bond acceptors (Lipinski definition) is 6. The highest BCUT2D eigenvalue weighted by molar-refractivity contribution is 9.10. The molecule has 0 aromatic heterocycles. The Morgan fingerprint density at radius 1 is 1.17 bits per heavy atom. The highest BCUT2D eigenvalue weighted by atomic mass is 79.9. The van der Waals surface area contributed by atoms with Crippen LogP contribution in [0.2, 0.25) is 5.02 Å². The van der Waals surface area contributed by atoms with Crippen molar-refractivity contribution in [3.8, 4) is 17.6 Å². The summed E-state index contributed by atoms with van der Waals surface area (Å²) >= 11 is 9.49. The molecule has 3 aromatic rings. The molecule has 0 heterocycles. The third-order valence-corrected chi connectivity index (χ3v) is 5.94. The average molecular weight is 571 g/mol. The summed E-state index contributed by atoms with van der Waals surface area (Å²) in [6.45, 7) is 4.16. The van der Waals surface area contributed by atoms with E-state index in [9.17, 15) is 20.2 Å². The molecule has 0 aliphatic heterocycles. The number of nitrogens with zero attached hydrogens (tertiary/aromatic N) is 2. The molecule has 0 saturated carbocycles. The van der Waals surface area contributed by atoms with E-state index >= 15 is 0 Å². The van der Waals surface area contributed by atoms with Crippen LogP contribution < -0.4 is 14.8 Å². The first-order valence-corrected chi connectivity index (χ1v) is 11.9. The number of hydrogen-bond donors (Lipinski definition) is 1. The number of ether oxygens (including phenoxy) is 2. The van der Waals surface area contributed by atoms with E-state index in [1.165, 1.54) is 18.2 Å². The lowest BCUT2D eigenvalue weighted by molar-refractivity contribution is -0.384. The maximum Gasteiger partial charge on any atom is 0.269 e. The maximum atomic E-state index is 12.8. The van der Waals surface area contributed by atoms with Crippen LogP contribution in [-0.2, 0) is 11.4 Å². The Bertz CT molecular complexity index is 1370. The molecule has 0 atom stereocenters. The van der Waals surface area contributed by atoms with Gasteiger partial charge in [0, 0.05) is 27.3 Å². The van der Waals surface area contributed by atoms with E-state index in [1.54, 1.807) is 42.5 Å². The number of carbonyl (C=O) groups excluding carboxylic acids is 1. The Hall–Kier alpha value is -3.87. The number of nitro benzene ring substituents is 1. The van der Waals surface area contributed by atoms with Gasteiger partial charge in [-0.15, -0.1) is 0 Å². The molecular weight excluding hydrogens is 550 g/mol. The molecule has 0 spiro atoms. The van der Waals surface area contributed by atoms with Crippen LogP contribution in [0.1, 0.15) is 23.6 Å². The van der Waals surface area contributed by atoms with Gasteiger partial charge in [-0.1, -0.05) is 33.6 Å². The summed E-state index contributed by atoms with van der Waals surface area (Å²) in [4.78, 5) is 23.1. The number of benzene rings is 3. The fourth-order valence-electron chi connectivity index (χ4n) is 3.14. The van der Waals surface area contributed by atoms with Gasteiger partial charge < -0.3 is 14.8 Å². The number of nitriles is 1. The number of halogens is 2. The topological polar surface area (TPSA) is 114 Å². The molecule has 0 radical (unpaired) electrons. The van der Waals surface area contributed by atoms with Gasteiger partial charge in [-0.05, 0) is 73.0 Å². The zero-order chi connectivity index (χ0) is 26.2. The number of nitro groups is 1. The standard InChI is InChI=1S/C26H21BrClN3O5/c1-3-35-24-11-18(10-19(14-29)26(32)30-23-12-20(28)7-4-16(23)2)22(27)13-25(24)36-15-17-5-8-21(9-6-17)31(33)34/h4-13H,3,15H2,1-2H3,(H,30,32)/b19-10+. The van der Waals surface area contributed by atoms with E-state index in [1.807, 2.05) is 19.9 Å². The second-order valence-electron chi connectivity index (χ2n) is 7.55. The first kappa shape index (κ1) is 26.7. The fourth-order valence-corrected chi connectivity index (χ4v) is 3.75. The van der Waals surface area contributed by atoms with Crippen molar-refractivity contribution in [1.29, 1.82) is 5.26 Å². The summed E-state index contributed by atoms with van der Waals surface area (Å²) < 4.78 is 12.2. The number of non-ortho nitro benzene ring substituents is 1. The second-order valence-corrected chi connectivity index (χ2v) is 8.84. The van der Waals surface area contributed by atoms with Gasteiger partial charge >= 0.3 is 0 Å². The Morgan fingerprint density at radius 3 is 2.50 bits per heavy atom. The van der Waals surface area contributed by atoms with Gasteiger partial charge in [0.25, 0.3) is 11.6 Å². The van der Waals surface area contributed by atoms with Crippen molar-refractivity contribution in [2.75, 3.05) is 11.9 Å². The van der Waals surface area contributed by atoms with Gasteiger partial charge in [-0.2, -0.15) is 5.26 Å². The van der Waals surface area contributed by atoms with Crippen molar-refractivity contribution in [1.82, 2.24) is 0 Å². The van der Waals surface area contributed by atoms with Crippen LogP contribution in [0.3, 0.4) is 0 Å². The van der Waals surface area contributed by atoms with E-state index < -0.39 is 10.8 Å².